The van der Waals surface area contributed by atoms with Gasteiger partial charge in [-0.05, 0) is 54.7 Å². The molecule has 0 amide bonds. The Labute approximate surface area is 130 Å². The first-order chi connectivity index (χ1) is 9.26. The third-order valence-electron chi connectivity index (χ3n) is 3.47. The highest BCUT2D eigenvalue weighted by atomic mass is 79.9. The fourth-order valence-electron chi connectivity index (χ4n) is 2.47. The molecule has 0 fully saturated rings. The Morgan fingerprint density at radius 3 is 2.68 bits per heavy atom. The number of fused-ring (bicyclic) bond motifs is 1. The van der Waals surface area contributed by atoms with Crippen molar-refractivity contribution < 1.29 is 4.74 Å². The number of ether oxygens (including phenoxy) is 1. The van der Waals surface area contributed by atoms with Gasteiger partial charge in [0, 0.05) is 15.4 Å². The first kappa shape index (κ1) is 13.2. The van der Waals surface area contributed by atoms with Gasteiger partial charge in [-0.15, -0.1) is 0 Å². The Balaban J connectivity index is 1.90. The molecule has 1 aliphatic rings. The summed E-state index contributed by atoms with van der Waals surface area (Å²) in [6.45, 7) is 0. The lowest BCUT2D eigenvalue weighted by molar-refractivity contribution is 0.477. The van der Waals surface area contributed by atoms with Gasteiger partial charge >= 0.3 is 0 Å². The maximum atomic E-state index is 6.05. The van der Waals surface area contributed by atoms with Crippen molar-refractivity contribution in [2.75, 3.05) is 0 Å². The SMILES string of the molecule is BrCc1ccc(Br)cc1Oc1ccc2c(c1)CCC2. The zero-order valence-electron chi connectivity index (χ0n) is 10.5. The van der Waals surface area contributed by atoms with Crippen molar-refractivity contribution in [3.63, 3.8) is 0 Å². The summed E-state index contributed by atoms with van der Waals surface area (Å²) in [5.41, 5.74) is 4.07. The average molecular weight is 382 g/mol. The first-order valence-electron chi connectivity index (χ1n) is 6.40. The molecule has 3 heteroatoms. The van der Waals surface area contributed by atoms with Crippen molar-refractivity contribution in [1.29, 1.82) is 0 Å². The van der Waals surface area contributed by atoms with Crippen molar-refractivity contribution >= 4 is 31.9 Å². The van der Waals surface area contributed by atoms with E-state index in [0.717, 1.165) is 26.9 Å². The van der Waals surface area contributed by atoms with Gasteiger partial charge in [-0.1, -0.05) is 44.0 Å². The van der Waals surface area contributed by atoms with Gasteiger partial charge in [0.1, 0.15) is 11.5 Å². The highest BCUT2D eigenvalue weighted by Crippen LogP contribution is 2.32. The quantitative estimate of drug-likeness (QED) is 0.626. The molecule has 3 rings (SSSR count). The summed E-state index contributed by atoms with van der Waals surface area (Å²) in [4.78, 5) is 0. The molecule has 98 valence electrons. The summed E-state index contributed by atoms with van der Waals surface area (Å²) in [7, 11) is 0. The monoisotopic (exact) mass is 380 g/mol. The van der Waals surface area contributed by atoms with Crippen LogP contribution in [0.4, 0.5) is 0 Å². The Kier molecular flexibility index (Phi) is 3.94. The summed E-state index contributed by atoms with van der Waals surface area (Å²) >= 11 is 6.99. The van der Waals surface area contributed by atoms with Crippen LogP contribution < -0.4 is 4.74 Å². The molecule has 0 N–H and O–H groups in total. The number of halogens is 2. The van der Waals surface area contributed by atoms with Crippen LogP contribution in [0, 0.1) is 0 Å². The van der Waals surface area contributed by atoms with E-state index in [4.69, 9.17) is 4.74 Å². The molecular formula is C16H14Br2O. The molecule has 0 saturated heterocycles. The minimum atomic E-state index is 0.792. The van der Waals surface area contributed by atoms with Gasteiger partial charge in [-0.25, -0.2) is 0 Å². The third kappa shape index (κ3) is 2.87. The van der Waals surface area contributed by atoms with Gasteiger partial charge in [0.2, 0.25) is 0 Å². The first-order valence-corrected chi connectivity index (χ1v) is 8.32. The smallest absolute Gasteiger partial charge is 0.132 e. The van der Waals surface area contributed by atoms with Crippen molar-refractivity contribution in [2.24, 2.45) is 0 Å². The molecule has 0 aliphatic heterocycles. The molecule has 19 heavy (non-hydrogen) atoms. The van der Waals surface area contributed by atoms with E-state index in [1.807, 2.05) is 12.1 Å². The maximum absolute atomic E-state index is 6.05. The number of rotatable bonds is 3. The molecule has 0 atom stereocenters. The van der Waals surface area contributed by atoms with Crippen LogP contribution in [0.25, 0.3) is 0 Å². The second kappa shape index (κ2) is 5.68. The highest BCUT2D eigenvalue weighted by Gasteiger charge is 2.12. The number of hydrogen-bond acceptors (Lipinski definition) is 1. The van der Waals surface area contributed by atoms with E-state index >= 15 is 0 Å². The molecule has 0 saturated carbocycles. The van der Waals surface area contributed by atoms with Gasteiger partial charge in [-0.3, -0.25) is 0 Å². The van der Waals surface area contributed by atoms with Crippen LogP contribution in [0.15, 0.2) is 40.9 Å². The topological polar surface area (TPSA) is 9.23 Å². The Hall–Kier alpha value is -0.800. The molecule has 1 aliphatic carbocycles. The van der Waals surface area contributed by atoms with E-state index in [0.29, 0.717) is 0 Å². The predicted octanol–water partition coefficient (Wildman–Crippen LogP) is 5.63. The van der Waals surface area contributed by atoms with E-state index in [1.165, 1.54) is 30.4 Å². The van der Waals surface area contributed by atoms with E-state index in [9.17, 15) is 0 Å². The van der Waals surface area contributed by atoms with Gasteiger partial charge in [-0.2, -0.15) is 0 Å². The van der Waals surface area contributed by atoms with E-state index in [1.54, 1.807) is 0 Å². The second-order valence-electron chi connectivity index (χ2n) is 4.77. The van der Waals surface area contributed by atoms with Crippen LogP contribution in [-0.4, -0.2) is 0 Å². The fourth-order valence-corrected chi connectivity index (χ4v) is 3.28. The molecular weight excluding hydrogens is 368 g/mol. The Bertz CT molecular complexity index is 608. The number of benzene rings is 2. The van der Waals surface area contributed by atoms with Crippen LogP contribution in [0.5, 0.6) is 11.5 Å². The lowest BCUT2D eigenvalue weighted by Gasteiger charge is -2.11. The molecule has 2 aromatic carbocycles. The van der Waals surface area contributed by atoms with Gasteiger partial charge < -0.3 is 4.74 Å². The van der Waals surface area contributed by atoms with Crippen LogP contribution in [-0.2, 0) is 18.2 Å². The van der Waals surface area contributed by atoms with Crippen molar-refractivity contribution in [3.05, 3.63) is 57.6 Å². The van der Waals surface area contributed by atoms with Crippen LogP contribution in [0.1, 0.15) is 23.1 Å². The highest BCUT2D eigenvalue weighted by molar-refractivity contribution is 9.10. The Morgan fingerprint density at radius 2 is 1.84 bits per heavy atom. The van der Waals surface area contributed by atoms with Gasteiger partial charge in [0.05, 0.1) is 0 Å². The minimum absolute atomic E-state index is 0.792. The summed E-state index contributed by atoms with van der Waals surface area (Å²) in [6, 6.07) is 12.6. The van der Waals surface area contributed by atoms with E-state index in [-0.39, 0.29) is 0 Å². The molecule has 2 aromatic rings. The average Bonchev–Trinajstić information content (AvgIpc) is 2.86. The van der Waals surface area contributed by atoms with Crippen LogP contribution >= 0.6 is 31.9 Å². The molecule has 1 nitrogen and oxygen atoms in total. The molecule has 0 aromatic heterocycles. The summed E-state index contributed by atoms with van der Waals surface area (Å²) in [5, 5.41) is 0.792. The predicted molar refractivity (Wildman–Crippen MR) is 85.3 cm³/mol. The molecule has 0 unspecified atom stereocenters. The summed E-state index contributed by atoms with van der Waals surface area (Å²) < 4.78 is 7.08. The maximum Gasteiger partial charge on any atom is 0.132 e. The normalized spacial score (nSPS) is 13.4. The van der Waals surface area contributed by atoms with Gasteiger partial charge in [0.25, 0.3) is 0 Å². The second-order valence-corrected chi connectivity index (χ2v) is 6.25. The largest absolute Gasteiger partial charge is 0.457 e. The molecule has 0 radical (unpaired) electrons. The minimum Gasteiger partial charge on any atom is -0.457 e. The van der Waals surface area contributed by atoms with Crippen LogP contribution in [0.3, 0.4) is 0 Å². The molecule has 0 spiro atoms. The third-order valence-corrected chi connectivity index (χ3v) is 4.57. The number of alkyl halides is 1. The lowest BCUT2D eigenvalue weighted by Crippen LogP contribution is -1.91. The number of aryl methyl sites for hydroxylation is 2. The number of hydrogen-bond donors (Lipinski definition) is 0. The summed E-state index contributed by atoms with van der Waals surface area (Å²) in [6.07, 6.45) is 3.65. The van der Waals surface area contributed by atoms with Crippen molar-refractivity contribution in [3.8, 4) is 11.5 Å². The fraction of sp³-hybridized carbons (Fsp3) is 0.250. The van der Waals surface area contributed by atoms with Crippen LogP contribution in [0.2, 0.25) is 0 Å². The zero-order valence-corrected chi connectivity index (χ0v) is 13.6. The summed E-state index contributed by atoms with van der Waals surface area (Å²) in [5.74, 6) is 1.84. The standard InChI is InChI=1S/C16H14Br2O/c17-10-13-4-6-14(18)9-16(13)19-15-7-5-11-2-1-3-12(11)8-15/h4-9H,1-3,10H2. The Morgan fingerprint density at radius 1 is 1.00 bits per heavy atom. The van der Waals surface area contributed by atoms with Crippen molar-refractivity contribution in [2.45, 2.75) is 24.6 Å². The van der Waals surface area contributed by atoms with E-state index in [2.05, 4.69) is 56.1 Å². The van der Waals surface area contributed by atoms with Crippen molar-refractivity contribution in [1.82, 2.24) is 0 Å². The molecule has 0 bridgehead atoms. The van der Waals surface area contributed by atoms with Gasteiger partial charge in [0.15, 0.2) is 0 Å². The van der Waals surface area contributed by atoms with E-state index < -0.39 is 0 Å². The zero-order chi connectivity index (χ0) is 13.2. The lowest BCUT2D eigenvalue weighted by atomic mass is 10.1. The molecule has 0 heterocycles.